The van der Waals surface area contributed by atoms with Crippen LogP contribution in [0.3, 0.4) is 0 Å². The Morgan fingerprint density at radius 1 is 1.24 bits per heavy atom. The second-order valence-electron chi connectivity index (χ2n) is 5.16. The molecule has 0 radical (unpaired) electrons. The molecule has 2 aromatic carbocycles. The highest BCUT2D eigenvalue weighted by Gasteiger charge is 2.11. The van der Waals surface area contributed by atoms with E-state index in [1.807, 2.05) is 13.0 Å². The van der Waals surface area contributed by atoms with E-state index in [4.69, 9.17) is 20.9 Å². The molecule has 3 aromatic rings. The molecule has 0 spiro atoms. The summed E-state index contributed by atoms with van der Waals surface area (Å²) in [6.07, 6.45) is 0. The van der Waals surface area contributed by atoms with Crippen LogP contribution >= 0.6 is 11.6 Å². The van der Waals surface area contributed by atoms with Crippen LogP contribution in [0.25, 0.3) is 11.4 Å². The van der Waals surface area contributed by atoms with Gasteiger partial charge in [-0.1, -0.05) is 28.9 Å². The molecular formula is C18H16ClN3O3. The maximum atomic E-state index is 12.1. The molecule has 25 heavy (non-hydrogen) atoms. The number of nitrogens with zero attached hydrogens (tertiary/aromatic N) is 2. The Kier molecular flexibility index (Phi) is 5.30. The van der Waals surface area contributed by atoms with Gasteiger partial charge in [-0.25, -0.2) is 0 Å². The highest BCUT2D eigenvalue weighted by molar-refractivity contribution is 6.30. The molecule has 1 heterocycles. The largest absolute Gasteiger partial charge is 0.494 e. The summed E-state index contributed by atoms with van der Waals surface area (Å²) in [6, 6.07) is 14.1. The number of nitrogens with one attached hydrogen (secondary N) is 1. The lowest BCUT2D eigenvalue weighted by molar-refractivity contribution is 0.0946. The molecule has 0 saturated carbocycles. The summed E-state index contributed by atoms with van der Waals surface area (Å²) >= 11 is 5.95. The summed E-state index contributed by atoms with van der Waals surface area (Å²) in [6.45, 7) is 2.62. The summed E-state index contributed by atoms with van der Waals surface area (Å²) in [7, 11) is 0. The number of hydrogen-bond acceptors (Lipinski definition) is 5. The van der Waals surface area contributed by atoms with Gasteiger partial charge in [-0.3, -0.25) is 4.79 Å². The monoisotopic (exact) mass is 357 g/mol. The van der Waals surface area contributed by atoms with Crippen molar-refractivity contribution in [3.8, 4) is 17.1 Å². The van der Waals surface area contributed by atoms with Gasteiger partial charge in [0.1, 0.15) is 5.75 Å². The maximum Gasteiger partial charge on any atom is 0.251 e. The number of hydrogen-bond donors (Lipinski definition) is 1. The third kappa shape index (κ3) is 4.36. The Balaban J connectivity index is 1.61. The summed E-state index contributed by atoms with van der Waals surface area (Å²) in [4.78, 5) is 16.4. The van der Waals surface area contributed by atoms with Crippen LogP contribution in [0.15, 0.2) is 53.1 Å². The summed E-state index contributed by atoms with van der Waals surface area (Å²) in [5, 5.41) is 7.23. The number of benzene rings is 2. The van der Waals surface area contributed by atoms with E-state index >= 15 is 0 Å². The third-order valence-corrected chi connectivity index (χ3v) is 3.61. The highest BCUT2D eigenvalue weighted by atomic mass is 35.5. The first-order chi connectivity index (χ1) is 12.2. The molecule has 0 bridgehead atoms. The second kappa shape index (κ2) is 7.81. The standard InChI is InChI=1S/C18H16ClN3O3/c1-2-24-15-8-6-12(7-9-15)18(23)20-11-16-21-17(22-25-16)13-4-3-5-14(19)10-13/h3-10H,2,11H2,1H3,(H,20,23). The molecule has 1 amide bonds. The van der Waals surface area contributed by atoms with Crippen molar-refractivity contribution in [3.05, 3.63) is 65.0 Å². The number of halogens is 1. The van der Waals surface area contributed by atoms with Crippen molar-refractivity contribution in [3.63, 3.8) is 0 Å². The summed E-state index contributed by atoms with van der Waals surface area (Å²) in [5.74, 6) is 1.23. The number of carbonyl (C=O) groups is 1. The fourth-order valence-electron chi connectivity index (χ4n) is 2.20. The molecule has 0 saturated heterocycles. The van der Waals surface area contributed by atoms with Crippen molar-refractivity contribution >= 4 is 17.5 Å². The lowest BCUT2D eigenvalue weighted by Gasteiger charge is -2.05. The van der Waals surface area contributed by atoms with Gasteiger partial charge in [0.25, 0.3) is 5.91 Å². The quantitative estimate of drug-likeness (QED) is 0.727. The van der Waals surface area contributed by atoms with Crippen LogP contribution in [0.4, 0.5) is 0 Å². The Labute approximate surface area is 149 Å². The number of rotatable bonds is 6. The first kappa shape index (κ1) is 17.0. The van der Waals surface area contributed by atoms with Gasteiger partial charge < -0.3 is 14.6 Å². The van der Waals surface area contributed by atoms with E-state index in [1.165, 1.54) is 0 Å². The normalized spacial score (nSPS) is 10.5. The van der Waals surface area contributed by atoms with Crippen LogP contribution in [0.1, 0.15) is 23.2 Å². The minimum atomic E-state index is -0.231. The highest BCUT2D eigenvalue weighted by Crippen LogP contribution is 2.20. The fourth-order valence-corrected chi connectivity index (χ4v) is 2.39. The van der Waals surface area contributed by atoms with Crippen molar-refractivity contribution in [1.29, 1.82) is 0 Å². The number of aromatic nitrogens is 2. The topological polar surface area (TPSA) is 77.2 Å². The predicted molar refractivity (Wildman–Crippen MR) is 93.5 cm³/mol. The zero-order valence-corrected chi connectivity index (χ0v) is 14.3. The van der Waals surface area contributed by atoms with E-state index in [1.54, 1.807) is 42.5 Å². The zero-order chi connectivity index (χ0) is 17.6. The molecule has 0 fully saturated rings. The van der Waals surface area contributed by atoms with Crippen molar-refractivity contribution in [2.75, 3.05) is 6.61 Å². The molecular weight excluding hydrogens is 342 g/mol. The Hall–Kier alpha value is -2.86. The molecule has 0 aliphatic carbocycles. The van der Waals surface area contributed by atoms with E-state index in [0.29, 0.717) is 28.9 Å². The number of ether oxygens (including phenoxy) is 1. The van der Waals surface area contributed by atoms with Crippen molar-refractivity contribution in [1.82, 2.24) is 15.5 Å². The van der Waals surface area contributed by atoms with Gasteiger partial charge in [0, 0.05) is 16.1 Å². The van der Waals surface area contributed by atoms with Crippen LogP contribution in [0.5, 0.6) is 5.75 Å². The third-order valence-electron chi connectivity index (χ3n) is 3.38. The van der Waals surface area contributed by atoms with Gasteiger partial charge in [-0.2, -0.15) is 4.98 Å². The van der Waals surface area contributed by atoms with Gasteiger partial charge in [-0.05, 0) is 43.3 Å². The van der Waals surface area contributed by atoms with E-state index in [-0.39, 0.29) is 12.5 Å². The average Bonchev–Trinajstić information content (AvgIpc) is 3.10. The van der Waals surface area contributed by atoms with E-state index in [2.05, 4.69) is 15.5 Å². The maximum absolute atomic E-state index is 12.1. The van der Waals surface area contributed by atoms with Gasteiger partial charge in [0.2, 0.25) is 11.7 Å². The molecule has 0 atom stereocenters. The molecule has 0 aliphatic heterocycles. The van der Waals surface area contributed by atoms with Crippen LogP contribution in [-0.2, 0) is 6.54 Å². The average molecular weight is 358 g/mol. The van der Waals surface area contributed by atoms with Crippen LogP contribution in [-0.4, -0.2) is 22.7 Å². The molecule has 128 valence electrons. The van der Waals surface area contributed by atoms with E-state index in [9.17, 15) is 4.79 Å². The van der Waals surface area contributed by atoms with Crippen LogP contribution in [0.2, 0.25) is 5.02 Å². The number of amides is 1. The second-order valence-corrected chi connectivity index (χ2v) is 5.60. The molecule has 7 heteroatoms. The Bertz CT molecular complexity index is 862. The van der Waals surface area contributed by atoms with Gasteiger partial charge >= 0.3 is 0 Å². The minimum Gasteiger partial charge on any atom is -0.494 e. The first-order valence-corrected chi connectivity index (χ1v) is 8.13. The summed E-state index contributed by atoms with van der Waals surface area (Å²) in [5.41, 5.74) is 1.28. The smallest absolute Gasteiger partial charge is 0.251 e. The lowest BCUT2D eigenvalue weighted by Crippen LogP contribution is -2.22. The molecule has 0 unspecified atom stereocenters. The minimum absolute atomic E-state index is 0.139. The van der Waals surface area contributed by atoms with E-state index < -0.39 is 0 Å². The first-order valence-electron chi connectivity index (χ1n) is 7.75. The zero-order valence-electron chi connectivity index (χ0n) is 13.5. The van der Waals surface area contributed by atoms with E-state index in [0.717, 1.165) is 11.3 Å². The van der Waals surface area contributed by atoms with Gasteiger partial charge in [0.15, 0.2) is 0 Å². The number of carbonyl (C=O) groups excluding carboxylic acids is 1. The summed E-state index contributed by atoms with van der Waals surface area (Å²) < 4.78 is 10.5. The Morgan fingerprint density at radius 3 is 2.76 bits per heavy atom. The molecule has 1 aromatic heterocycles. The van der Waals surface area contributed by atoms with Crippen molar-refractivity contribution in [2.24, 2.45) is 0 Å². The molecule has 1 N–H and O–H groups in total. The van der Waals surface area contributed by atoms with Crippen molar-refractivity contribution in [2.45, 2.75) is 13.5 Å². The van der Waals surface area contributed by atoms with Crippen molar-refractivity contribution < 1.29 is 14.1 Å². The SMILES string of the molecule is CCOc1ccc(C(=O)NCc2nc(-c3cccc(Cl)c3)no2)cc1. The van der Waals surface area contributed by atoms with Gasteiger partial charge in [0.05, 0.1) is 13.2 Å². The van der Waals surface area contributed by atoms with Gasteiger partial charge in [-0.15, -0.1) is 0 Å². The molecule has 0 aliphatic rings. The lowest BCUT2D eigenvalue weighted by atomic mass is 10.2. The fraction of sp³-hybridized carbons (Fsp3) is 0.167. The predicted octanol–water partition coefficient (Wildman–Crippen LogP) is 3.72. The van der Waals surface area contributed by atoms with Crippen LogP contribution < -0.4 is 10.1 Å². The Morgan fingerprint density at radius 2 is 2.04 bits per heavy atom. The molecule has 3 rings (SSSR count). The molecule has 6 nitrogen and oxygen atoms in total. The van der Waals surface area contributed by atoms with Crippen LogP contribution in [0, 0.1) is 0 Å².